The number of anilines is 1. The van der Waals surface area contributed by atoms with Crippen molar-refractivity contribution in [3.05, 3.63) is 29.8 Å². The first kappa shape index (κ1) is 13.4. The van der Waals surface area contributed by atoms with Crippen molar-refractivity contribution in [3.63, 3.8) is 0 Å². The zero-order chi connectivity index (χ0) is 13.7. The summed E-state index contributed by atoms with van der Waals surface area (Å²) in [5.74, 6) is 0. The molecule has 1 aromatic rings. The Labute approximate surface area is 114 Å². The second kappa shape index (κ2) is 6.24. The molecular formula is C15H19N3O. The monoisotopic (exact) mass is 257 g/mol. The van der Waals surface area contributed by atoms with Gasteiger partial charge < -0.3 is 4.90 Å². The molecule has 0 aromatic heterocycles. The predicted molar refractivity (Wildman–Crippen MR) is 75.0 cm³/mol. The molecule has 0 spiro atoms. The summed E-state index contributed by atoms with van der Waals surface area (Å²) in [6, 6.07) is 9.34. The Morgan fingerprint density at radius 2 is 1.84 bits per heavy atom. The third kappa shape index (κ3) is 3.05. The molecule has 1 heterocycles. The molecule has 19 heavy (non-hydrogen) atoms. The van der Waals surface area contributed by atoms with Crippen molar-refractivity contribution < 1.29 is 4.79 Å². The zero-order valence-electron chi connectivity index (χ0n) is 11.3. The zero-order valence-corrected chi connectivity index (χ0v) is 11.3. The van der Waals surface area contributed by atoms with Gasteiger partial charge in [-0.2, -0.15) is 5.26 Å². The van der Waals surface area contributed by atoms with E-state index in [9.17, 15) is 4.79 Å². The number of hydrogen-bond acceptors (Lipinski definition) is 2. The number of urea groups is 1. The van der Waals surface area contributed by atoms with Crippen LogP contribution in [-0.2, 0) is 0 Å². The highest BCUT2D eigenvalue weighted by molar-refractivity contribution is 5.92. The summed E-state index contributed by atoms with van der Waals surface area (Å²) in [5, 5.41) is 9.10. The molecule has 1 aliphatic heterocycles. The second-order valence-corrected chi connectivity index (χ2v) is 4.87. The van der Waals surface area contributed by atoms with Crippen LogP contribution in [0.5, 0.6) is 0 Å². The SMILES string of the molecule is CN(C(=O)N1CCCCCC1)c1ccccc1C#N. The normalized spacial score (nSPS) is 15.5. The maximum absolute atomic E-state index is 12.5. The molecule has 0 unspecified atom stereocenters. The van der Waals surface area contributed by atoms with E-state index in [1.54, 1.807) is 18.0 Å². The van der Waals surface area contributed by atoms with Crippen LogP contribution in [0.3, 0.4) is 0 Å². The van der Waals surface area contributed by atoms with E-state index in [1.165, 1.54) is 12.8 Å². The van der Waals surface area contributed by atoms with Crippen molar-refractivity contribution in [2.45, 2.75) is 25.7 Å². The minimum Gasteiger partial charge on any atom is -0.324 e. The van der Waals surface area contributed by atoms with E-state index >= 15 is 0 Å². The number of benzene rings is 1. The molecule has 4 nitrogen and oxygen atoms in total. The summed E-state index contributed by atoms with van der Waals surface area (Å²) in [4.78, 5) is 15.9. The Kier molecular flexibility index (Phi) is 4.40. The largest absolute Gasteiger partial charge is 0.324 e. The number of rotatable bonds is 1. The molecule has 2 amide bonds. The summed E-state index contributed by atoms with van der Waals surface area (Å²) < 4.78 is 0. The fourth-order valence-electron chi connectivity index (χ4n) is 2.44. The lowest BCUT2D eigenvalue weighted by atomic mass is 10.2. The molecule has 0 N–H and O–H groups in total. The molecule has 1 fully saturated rings. The lowest BCUT2D eigenvalue weighted by Gasteiger charge is -2.27. The highest BCUT2D eigenvalue weighted by Crippen LogP contribution is 2.20. The molecule has 0 bridgehead atoms. The fourth-order valence-corrected chi connectivity index (χ4v) is 2.44. The molecule has 1 saturated heterocycles. The number of amides is 2. The van der Waals surface area contributed by atoms with Gasteiger partial charge in [0.05, 0.1) is 11.3 Å². The lowest BCUT2D eigenvalue weighted by Crippen LogP contribution is -2.42. The highest BCUT2D eigenvalue weighted by atomic mass is 16.2. The maximum atomic E-state index is 12.5. The number of hydrogen-bond donors (Lipinski definition) is 0. The minimum atomic E-state index is -0.00963. The molecular weight excluding hydrogens is 238 g/mol. The molecule has 1 aliphatic rings. The first-order valence-electron chi connectivity index (χ1n) is 6.76. The second-order valence-electron chi connectivity index (χ2n) is 4.87. The van der Waals surface area contributed by atoms with E-state index in [0.29, 0.717) is 11.3 Å². The quantitative estimate of drug-likeness (QED) is 0.776. The maximum Gasteiger partial charge on any atom is 0.324 e. The van der Waals surface area contributed by atoms with Gasteiger partial charge in [-0.15, -0.1) is 0 Å². The average Bonchev–Trinajstić information content (AvgIpc) is 2.74. The molecule has 2 rings (SSSR count). The molecule has 0 aliphatic carbocycles. The van der Waals surface area contributed by atoms with Crippen LogP contribution in [0.15, 0.2) is 24.3 Å². The van der Waals surface area contributed by atoms with Crippen LogP contribution >= 0.6 is 0 Å². The first-order valence-corrected chi connectivity index (χ1v) is 6.76. The van der Waals surface area contributed by atoms with Gasteiger partial charge in [0.1, 0.15) is 6.07 Å². The van der Waals surface area contributed by atoms with E-state index in [4.69, 9.17) is 5.26 Å². The molecule has 0 atom stereocenters. The van der Waals surface area contributed by atoms with E-state index < -0.39 is 0 Å². The first-order chi connectivity index (χ1) is 9.24. The Hall–Kier alpha value is -2.02. The Morgan fingerprint density at radius 1 is 1.21 bits per heavy atom. The summed E-state index contributed by atoms with van der Waals surface area (Å²) in [6.07, 6.45) is 4.53. The van der Waals surface area contributed by atoms with Gasteiger partial charge in [-0.3, -0.25) is 4.90 Å². The van der Waals surface area contributed by atoms with E-state index in [1.807, 2.05) is 23.1 Å². The topological polar surface area (TPSA) is 47.3 Å². The Balaban J connectivity index is 2.16. The van der Waals surface area contributed by atoms with Gasteiger partial charge in [0.15, 0.2) is 0 Å². The molecule has 4 heteroatoms. The van der Waals surface area contributed by atoms with Crippen LogP contribution < -0.4 is 4.90 Å². The number of para-hydroxylation sites is 1. The molecule has 0 radical (unpaired) electrons. The molecule has 0 saturated carbocycles. The third-order valence-corrected chi connectivity index (χ3v) is 3.55. The molecule has 100 valence electrons. The van der Waals surface area contributed by atoms with Crippen molar-refractivity contribution >= 4 is 11.7 Å². The van der Waals surface area contributed by atoms with Crippen molar-refractivity contribution in [1.29, 1.82) is 5.26 Å². The average molecular weight is 257 g/mol. The van der Waals surface area contributed by atoms with Crippen molar-refractivity contribution in [3.8, 4) is 6.07 Å². The van der Waals surface area contributed by atoms with Gasteiger partial charge >= 0.3 is 6.03 Å². The van der Waals surface area contributed by atoms with Gasteiger partial charge in [-0.1, -0.05) is 25.0 Å². The van der Waals surface area contributed by atoms with Crippen LogP contribution in [-0.4, -0.2) is 31.1 Å². The fraction of sp³-hybridized carbons (Fsp3) is 0.467. The third-order valence-electron chi connectivity index (χ3n) is 3.55. The van der Waals surface area contributed by atoms with Crippen LogP contribution in [0, 0.1) is 11.3 Å². The Bertz CT molecular complexity index is 484. The molecule has 1 aromatic carbocycles. The van der Waals surface area contributed by atoms with Crippen molar-refractivity contribution in [2.75, 3.05) is 25.0 Å². The van der Waals surface area contributed by atoms with Crippen LogP contribution in [0.4, 0.5) is 10.5 Å². The Morgan fingerprint density at radius 3 is 2.47 bits per heavy atom. The van der Waals surface area contributed by atoms with Crippen molar-refractivity contribution in [2.24, 2.45) is 0 Å². The minimum absolute atomic E-state index is 0.00963. The van der Waals surface area contributed by atoms with E-state index in [0.717, 1.165) is 25.9 Å². The number of carbonyl (C=O) groups is 1. The number of likely N-dealkylation sites (tertiary alicyclic amines) is 1. The van der Waals surface area contributed by atoms with E-state index in [2.05, 4.69) is 6.07 Å². The van der Waals surface area contributed by atoms with E-state index in [-0.39, 0.29) is 6.03 Å². The van der Waals surface area contributed by atoms with Gasteiger partial charge in [0.25, 0.3) is 0 Å². The van der Waals surface area contributed by atoms with Gasteiger partial charge in [-0.25, -0.2) is 4.79 Å². The number of carbonyl (C=O) groups excluding carboxylic acids is 1. The number of nitriles is 1. The highest BCUT2D eigenvalue weighted by Gasteiger charge is 2.21. The number of nitrogens with zero attached hydrogens (tertiary/aromatic N) is 3. The predicted octanol–water partition coefficient (Wildman–Crippen LogP) is 2.99. The summed E-state index contributed by atoms with van der Waals surface area (Å²) in [5.41, 5.74) is 1.22. The summed E-state index contributed by atoms with van der Waals surface area (Å²) in [6.45, 7) is 1.63. The van der Waals surface area contributed by atoms with Gasteiger partial charge in [-0.05, 0) is 25.0 Å². The smallest absolute Gasteiger partial charge is 0.324 e. The summed E-state index contributed by atoms with van der Waals surface area (Å²) in [7, 11) is 1.74. The van der Waals surface area contributed by atoms with Gasteiger partial charge in [0.2, 0.25) is 0 Å². The van der Waals surface area contributed by atoms with Crippen LogP contribution in [0.1, 0.15) is 31.2 Å². The van der Waals surface area contributed by atoms with Crippen LogP contribution in [0.25, 0.3) is 0 Å². The van der Waals surface area contributed by atoms with Crippen molar-refractivity contribution in [1.82, 2.24) is 4.90 Å². The summed E-state index contributed by atoms with van der Waals surface area (Å²) >= 11 is 0. The van der Waals surface area contributed by atoms with Crippen LogP contribution in [0.2, 0.25) is 0 Å². The van der Waals surface area contributed by atoms with Gasteiger partial charge in [0, 0.05) is 20.1 Å². The lowest BCUT2D eigenvalue weighted by molar-refractivity contribution is 0.208. The standard InChI is InChI=1S/C15H19N3O/c1-17(14-9-5-4-8-13(14)12-16)15(19)18-10-6-2-3-7-11-18/h4-5,8-9H,2-3,6-7,10-11H2,1H3.